The molecule has 1 aromatic heterocycles. The van der Waals surface area contributed by atoms with E-state index in [0.29, 0.717) is 12.0 Å². The molecule has 112 valence electrons. The van der Waals surface area contributed by atoms with Crippen LogP contribution in [0.3, 0.4) is 0 Å². The maximum absolute atomic E-state index is 5.94. The SMILES string of the molecule is CCC1(CC)CCN(c2nnc(C)c(C)c2CN)CC1. The lowest BCUT2D eigenvalue weighted by molar-refractivity contribution is 0.199. The van der Waals surface area contributed by atoms with E-state index >= 15 is 0 Å². The van der Waals surface area contributed by atoms with Gasteiger partial charge in [-0.2, -0.15) is 5.10 Å². The van der Waals surface area contributed by atoms with Crippen molar-refractivity contribution in [1.82, 2.24) is 10.2 Å². The highest BCUT2D eigenvalue weighted by Gasteiger charge is 2.32. The minimum atomic E-state index is 0.534. The predicted octanol–water partition coefficient (Wildman–Crippen LogP) is 2.96. The molecule has 0 radical (unpaired) electrons. The summed E-state index contributed by atoms with van der Waals surface area (Å²) in [7, 11) is 0. The maximum atomic E-state index is 5.94. The van der Waals surface area contributed by atoms with Crippen LogP contribution in [0.2, 0.25) is 0 Å². The summed E-state index contributed by atoms with van der Waals surface area (Å²) in [5.41, 5.74) is 9.82. The summed E-state index contributed by atoms with van der Waals surface area (Å²) in [5.74, 6) is 1.01. The van der Waals surface area contributed by atoms with Crippen molar-refractivity contribution in [3.8, 4) is 0 Å². The Hall–Kier alpha value is -1.16. The van der Waals surface area contributed by atoms with Crippen LogP contribution in [0.15, 0.2) is 0 Å². The predicted molar refractivity (Wildman–Crippen MR) is 83.9 cm³/mol. The highest BCUT2D eigenvalue weighted by atomic mass is 15.3. The van der Waals surface area contributed by atoms with Gasteiger partial charge in [-0.1, -0.05) is 26.7 Å². The molecule has 20 heavy (non-hydrogen) atoms. The second-order valence-electron chi connectivity index (χ2n) is 6.11. The Morgan fingerprint density at radius 2 is 1.70 bits per heavy atom. The average Bonchev–Trinajstić information content (AvgIpc) is 2.50. The fourth-order valence-corrected chi connectivity index (χ4v) is 3.29. The molecule has 2 heterocycles. The number of rotatable bonds is 4. The van der Waals surface area contributed by atoms with Crippen molar-refractivity contribution in [2.24, 2.45) is 11.1 Å². The van der Waals surface area contributed by atoms with Gasteiger partial charge in [0.15, 0.2) is 5.82 Å². The molecular formula is C16H28N4. The Balaban J connectivity index is 2.21. The van der Waals surface area contributed by atoms with Crippen LogP contribution < -0.4 is 10.6 Å². The molecule has 0 aliphatic carbocycles. The molecule has 2 rings (SSSR count). The second kappa shape index (κ2) is 6.08. The normalized spacial score (nSPS) is 18.4. The van der Waals surface area contributed by atoms with E-state index in [2.05, 4.69) is 35.9 Å². The van der Waals surface area contributed by atoms with Crippen molar-refractivity contribution >= 4 is 5.82 Å². The van der Waals surface area contributed by atoms with E-state index in [-0.39, 0.29) is 0 Å². The van der Waals surface area contributed by atoms with Crippen LogP contribution in [0, 0.1) is 19.3 Å². The van der Waals surface area contributed by atoms with E-state index < -0.39 is 0 Å². The van der Waals surface area contributed by atoms with E-state index in [1.165, 1.54) is 31.2 Å². The topological polar surface area (TPSA) is 55.0 Å². The van der Waals surface area contributed by atoms with Crippen LogP contribution in [-0.2, 0) is 6.54 Å². The lowest BCUT2D eigenvalue weighted by Crippen LogP contribution is -2.40. The van der Waals surface area contributed by atoms with Crippen LogP contribution in [0.4, 0.5) is 5.82 Å². The van der Waals surface area contributed by atoms with Gasteiger partial charge >= 0.3 is 0 Å². The second-order valence-corrected chi connectivity index (χ2v) is 6.11. The van der Waals surface area contributed by atoms with Gasteiger partial charge in [-0.25, -0.2) is 0 Å². The minimum Gasteiger partial charge on any atom is -0.355 e. The number of aromatic nitrogens is 2. The number of nitrogens with two attached hydrogens (primary N) is 1. The minimum absolute atomic E-state index is 0.534. The third-order valence-electron chi connectivity index (χ3n) is 5.39. The first-order valence-electron chi connectivity index (χ1n) is 7.84. The average molecular weight is 276 g/mol. The van der Waals surface area contributed by atoms with Gasteiger partial charge in [0.1, 0.15) is 0 Å². The molecule has 0 bridgehead atoms. The van der Waals surface area contributed by atoms with E-state index in [4.69, 9.17) is 5.73 Å². The van der Waals surface area contributed by atoms with Gasteiger partial charge in [-0.3, -0.25) is 0 Å². The first-order chi connectivity index (χ1) is 9.56. The molecular weight excluding hydrogens is 248 g/mol. The molecule has 1 fully saturated rings. The van der Waals surface area contributed by atoms with Crippen molar-refractivity contribution in [1.29, 1.82) is 0 Å². The first-order valence-corrected chi connectivity index (χ1v) is 7.84. The quantitative estimate of drug-likeness (QED) is 0.918. The Morgan fingerprint density at radius 3 is 2.20 bits per heavy atom. The van der Waals surface area contributed by atoms with Gasteiger partial charge in [-0.05, 0) is 37.7 Å². The van der Waals surface area contributed by atoms with Crippen molar-refractivity contribution in [3.63, 3.8) is 0 Å². The van der Waals surface area contributed by atoms with Crippen LogP contribution in [0.5, 0.6) is 0 Å². The smallest absolute Gasteiger partial charge is 0.156 e. The van der Waals surface area contributed by atoms with Crippen molar-refractivity contribution in [3.05, 3.63) is 16.8 Å². The summed E-state index contributed by atoms with van der Waals surface area (Å²) in [6, 6.07) is 0. The summed E-state index contributed by atoms with van der Waals surface area (Å²) < 4.78 is 0. The third kappa shape index (κ3) is 2.66. The van der Waals surface area contributed by atoms with Crippen LogP contribution in [0.25, 0.3) is 0 Å². The molecule has 4 heteroatoms. The molecule has 0 spiro atoms. The monoisotopic (exact) mass is 276 g/mol. The Labute approximate surface area is 122 Å². The molecule has 1 saturated heterocycles. The number of aryl methyl sites for hydroxylation is 1. The summed E-state index contributed by atoms with van der Waals surface area (Å²) in [5, 5.41) is 8.72. The zero-order valence-corrected chi connectivity index (χ0v) is 13.4. The molecule has 0 amide bonds. The van der Waals surface area contributed by atoms with E-state index in [9.17, 15) is 0 Å². The lowest BCUT2D eigenvalue weighted by Gasteiger charge is -2.41. The summed E-state index contributed by atoms with van der Waals surface area (Å²) in [6.45, 7) is 11.4. The van der Waals surface area contributed by atoms with Gasteiger partial charge in [0.25, 0.3) is 0 Å². The molecule has 1 aromatic rings. The van der Waals surface area contributed by atoms with Crippen molar-refractivity contribution in [2.75, 3.05) is 18.0 Å². The maximum Gasteiger partial charge on any atom is 0.156 e. The first kappa shape index (κ1) is 15.2. The van der Waals surface area contributed by atoms with Crippen LogP contribution in [0.1, 0.15) is 56.4 Å². The molecule has 0 unspecified atom stereocenters. The van der Waals surface area contributed by atoms with E-state index in [1.807, 2.05) is 6.92 Å². The standard InChI is InChI=1S/C16H28N4/c1-5-16(6-2)7-9-20(10-8-16)15-14(11-17)12(3)13(4)18-19-15/h5-11,17H2,1-4H3. The Morgan fingerprint density at radius 1 is 1.10 bits per heavy atom. The molecule has 0 saturated carbocycles. The zero-order valence-electron chi connectivity index (χ0n) is 13.4. The van der Waals surface area contributed by atoms with Crippen LogP contribution in [-0.4, -0.2) is 23.3 Å². The zero-order chi connectivity index (χ0) is 14.8. The van der Waals surface area contributed by atoms with Gasteiger partial charge < -0.3 is 10.6 Å². The summed E-state index contributed by atoms with van der Waals surface area (Å²) in [6.07, 6.45) is 5.05. The third-order valence-corrected chi connectivity index (χ3v) is 5.39. The highest BCUT2D eigenvalue weighted by Crippen LogP contribution is 2.39. The summed E-state index contributed by atoms with van der Waals surface area (Å²) >= 11 is 0. The molecule has 1 aliphatic heterocycles. The fourth-order valence-electron chi connectivity index (χ4n) is 3.29. The van der Waals surface area contributed by atoms with Gasteiger partial charge in [0.2, 0.25) is 0 Å². The van der Waals surface area contributed by atoms with Gasteiger partial charge in [-0.15, -0.1) is 5.10 Å². The van der Waals surface area contributed by atoms with E-state index in [1.54, 1.807) is 0 Å². The Bertz CT molecular complexity index is 456. The number of anilines is 1. The molecule has 2 N–H and O–H groups in total. The van der Waals surface area contributed by atoms with Gasteiger partial charge in [0.05, 0.1) is 5.69 Å². The van der Waals surface area contributed by atoms with Crippen molar-refractivity contribution in [2.45, 2.75) is 59.9 Å². The molecule has 0 atom stereocenters. The Kier molecular flexibility index (Phi) is 4.63. The number of hydrogen-bond acceptors (Lipinski definition) is 4. The number of piperidine rings is 1. The molecule has 1 aliphatic rings. The van der Waals surface area contributed by atoms with Crippen molar-refractivity contribution < 1.29 is 0 Å². The summed E-state index contributed by atoms with van der Waals surface area (Å²) in [4.78, 5) is 2.38. The molecule has 0 aromatic carbocycles. The molecule has 4 nitrogen and oxygen atoms in total. The van der Waals surface area contributed by atoms with E-state index in [0.717, 1.165) is 30.2 Å². The number of nitrogens with zero attached hydrogens (tertiary/aromatic N) is 3. The fraction of sp³-hybridized carbons (Fsp3) is 0.750. The number of hydrogen-bond donors (Lipinski definition) is 1. The highest BCUT2D eigenvalue weighted by molar-refractivity contribution is 5.51. The largest absolute Gasteiger partial charge is 0.355 e. The van der Waals surface area contributed by atoms with Gasteiger partial charge in [0, 0.05) is 25.2 Å². The van der Waals surface area contributed by atoms with Crippen LogP contribution >= 0.6 is 0 Å². The lowest BCUT2D eigenvalue weighted by atomic mass is 9.74.